The maximum atomic E-state index is 11.1. The summed E-state index contributed by atoms with van der Waals surface area (Å²) in [5.74, 6) is -0.186. The van der Waals surface area contributed by atoms with Crippen LogP contribution in [0.15, 0.2) is 12.1 Å². The van der Waals surface area contributed by atoms with Crippen LogP contribution in [0.1, 0.15) is 29.2 Å². The number of carbonyl (C=O) groups is 1. The van der Waals surface area contributed by atoms with E-state index in [0.29, 0.717) is 6.61 Å². The molecule has 0 aliphatic heterocycles. The highest BCUT2D eigenvalue weighted by atomic mass is 16.5. The van der Waals surface area contributed by atoms with E-state index in [2.05, 4.69) is 38.2 Å². The third-order valence-electron chi connectivity index (χ3n) is 3.32. The first-order valence-electron chi connectivity index (χ1n) is 6.48. The average Bonchev–Trinajstić information content (AvgIpc) is 2.34. The summed E-state index contributed by atoms with van der Waals surface area (Å²) in [4.78, 5) is 11.1. The number of esters is 1. The maximum absolute atomic E-state index is 11.1. The number of nitrogens with one attached hydrogen (secondary N) is 1. The van der Waals surface area contributed by atoms with Gasteiger partial charge in [-0.2, -0.15) is 0 Å². The summed E-state index contributed by atoms with van der Waals surface area (Å²) < 4.78 is 4.85. The van der Waals surface area contributed by atoms with Crippen LogP contribution < -0.4 is 5.32 Å². The third kappa shape index (κ3) is 4.15. The normalized spacial score (nSPS) is 10.4. The van der Waals surface area contributed by atoms with Gasteiger partial charge in [-0.05, 0) is 62.9 Å². The van der Waals surface area contributed by atoms with Crippen LogP contribution in [0.2, 0.25) is 0 Å². The van der Waals surface area contributed by atoms with E-state index >= 15 is 0 Å². The highest BCUT2D eigenvalue weighted by molar-refractivity contribution is 5.71. The van der Waals surface area contributed by atoms with Crippen molar-refractivity contribution in [3.8, 4) is 0 Å². The van der Waals surface area contributed by atoms with Crippen LogP contribution in [0.5, 0.6) is 0 Å². The van der Waals surface area contributed by atoms with Gasteiger partial charge in [0.1, 0.15) is 0 Å². The fourth-order valence-electron chi connectivity index (χ4n) is 1.91. The molecule has 0 heterocycles. The lowest BCUT2D eigenvalue weighted by molar-refractivity contribution is -0.141. The summed E-state index contributed by atoms with van der Waals surface area (Å²) in [5.41, 5.74) is 5.39. The molecule has 1 aromatic rings. The Bertz CT molecular complexity index is 413. The van der Waals surface area contributed by atoms with E-state index in [1.807, 2.05) is 6.92 Å². The molecular formula is C15H23NO2. The van der Waals surface area contributed by atoms with Crippen LogP contribution in [0, 0.1) is 20.8 Å². The summed E-state index contributed by atoms with van der Waals surface area (Å²) in [7, 11) is 0. The average molecular weight is 249 g/mol. The molecule has 3 heteroatoms. The topological polar surface area (TPSA) is 38.3 Å². The Morgan fingerprint density at radius 3 is 2.61 bits per heavy atom. The van der Waals surface area contributed by atoms with Crippen molar-refractivity contribution < 1.29 is 9.53 Å². The molecule has 0 radical (unpaired) electrons. The first kappa shape index (κ1) is 14.7. The molecular weight excluding hydrogens is 226 g/mol. The summed E-state index contributed by atoms with van der Waals surface area (Å²) in [6, 6.07) is 4.33. The van der Waals surface area contributed by atoms with E-state index in [1.165, 1.54) is 22.3 Å². The van der Waals surface area contributed by atoms with Crippen LogP contribution in [-0.2, 0) is 16.0 Å². The van der Waals surface area contributed by atoms with E-state index in [9.17, 15) is 4.79 Å². The molecule has 0 amide bonds. The highest BCUT2D eigenvalue weighted by Crippen LogP contribution is 2.17. The monoisotopic (exact) mass is 249 g/mol. The van der Waals surface area contributed by atoms with E-state index in [1.54, 1.807) is 0 Å². The fraction of sp³-hybridized carbons (Fsp3) is 0.533. The Hall–Kier alpha value is -1.35. The first-order valence-corrected chi connectivity index (χ1v) is 6.48. The third-order valence-corrected chi connectivity index (χ3v) is 3.32. The molecule has 0 aliphatic carbocycles. The molecule has 0 spiro atoms. The quantitative estimate of drug-likeness (QED) is 0.621. The molecule has 0 aromatic heterocycles. The van der Waals surface area contributed by atoms with Crippen LogP contribution in [0.4, 0.5) is 0 Å². The number of hydrogen-bond acceptors (Lipinski definition) is 3. The number of carbonyl (C=O) groups excluding carboxylic acids is 1. The predicted molar refractivity (Wildman–Crippen MR) is 73.9 cm³/mol. The van der Waals surface area contributed by atoms with Crippen molar-refractivity contribution in [3.05, 3.63) is 34.4 Å². The van der Waals surface area contributed by atoms with Gasteiger partial charge in [-0.25, -0.2) is 0 Å². The number of benzene rings is 1. The molecule has 0 aliphatic rings. The number of aryl methyl sites for hydroxylation is 1. The molecule has 18 heavy (non-hydrogen) atoms. The zero-order chi connectivity index (χ0) is 13.5. The van der Waals surface area contributed by atoms with Crippen LogP contribution in [0.25, 0.3) is 0 Å². The Labute approximate surface area is 110 Å². The SMILES string of the molecule is CCOC(=O)CNCCc1ccc(C)c(C)c1C. The molecule has 1 rings (SSSR count). The summed E-state index contributed by atoms with van der Waals surface area (Å²) in [5, 5.41) is 3.11. The van der Waals surface area contributed by atoms with Crippen molar-refractivity contribution in [2.24, 2.45) is 0 Å². The van der Waals surface area contributed by atoms with E-state index in [0.717, 1.165) is 13.0 Å². The van der Waals surface area contributed by atoms with Crippen LogP contribution in [-0.4, -0.2) is 25.7 Å². The number of ether oxygens (including phenoxy) is 1. The van der Waals surface area contributed by atoms with Crippen molar-refractivity contribution in [2.75, 3.05) is 19.7 Å². The van der Waals surface area contributed by atoms with Gasteiger partial charge >= 0.3 is 5.97 Å². The van der Waals surface area contributed by atoms with Gasteiger partial charge in [-0.1, -0.05) is 12.1 Å². The molecule has 0 saturated carbocycles. The van der Waals surface area contributed by atoms with Gasteiger partial charge in [0.25, 0.3) is 0 Å². The van der Waals surface area contributed by atoms with Gasteiger partial charge in [-0.3, -0.25) is 4.79 Å². The summed E-state index contributed by atoms with van der Waals surface area (Å²) in [6.45, 7) is 9.78. The molecule has 1 aromatic carbocycles. The summed E-state index contributed by atoms with van der Waals surface area (Å²) in [6.07, 6.45) is 0.937. The Kier molecular flexibility index (Phi) is 5.86. The highest BCUT2D eigenvalue weighted by Gasteiger charge is 2.04. The predicted octanol–water partition coefficient (Wildman–Crippen LogP) is 2.31. The molecule has 0 atom stereocenters. The lowest BCUT2D eigenvalue weighted by Gasteiger charge is -2.11. The van der Waals surface area contributed by atoms with Crippen molar-refractivity contribution in [3.63, 3.8) is 0 Å². The van der Waals surface area contributed by atoms with Gasteiger partial charge in [0.15, 0.2) is 0 Å². The number of rotatable bonds is 6. The van der Waals surface area contributed by atoms with Crippen molar-refractivity contribution >= 4 is 5.97 Å². The lowest BCUT2D eigenvalue weighted by atomic mass is 9.97. The van der Waals surface area contributed by atoms with Gasteiger partial charge in [0, 0.05) is 0 Å². The van der Waals surface area contributed by atoms with Gasteiger partial charge in [0.05, 0.1) is 13.2 Å². The maximum Gasteiger partial charge on any atom is 0.319 e. The minimum atomic E-state index is -0.186. The Balaban J connectivity index is 2.40. The molecule has 0 unspecified atom stereocenters. The van der Waals surface area contributed by atoms with E-state index < -0.39 is 0 Å². The number of hydrogen-bond donors (Lipinski definition) is 1. The zero-order valence-electron chi connectivity index (χ0n) is 11.8. The second kappa shape index (κ2) is 7.17. The molecule has 100 valence electrons. The van der Waals surface area contributed by atoms with Gasteiger partial charge < -0.3 is 10.1 Å². The smallest absolute Gasteiger partial charge is 0.319 e. The van der Waals surface area contributed by atoms with Crippen LogP contribution >= 0.6 is 0 Å². The zero-order valence-corrected chi connectivity index (χ0v) is 11.8. The van der Waals surface area contributed by atoms with Crippen LogP contribution in [0.3, 0.4) is 0 Å². The van der Waals surface area contributed by atoms with Crippen molar-refractivity contribution in [2.45, 2.75) is 34.1 Å². The molecule has 0 saturated heterocycles. The van der Waals surface area contributed by atoms with Gasteiger partial charge in [0.2, 0.25) is 0 Å². The Morgan fingerprint density at radius 1 is 1.22 bits per heavy atom. The van der Waals surface area contributed by atoms with Crippen molar-refractivity contribution in [1.29, 1.82) is 0 Å². The second-order valence-corrected chi connectivity index (χ2v) is 4.52. The molecule has 3 nitrogen and oxygen atoms in total. The minimum Gasteiger partial charge on any atom is -0.465 e. The lowest BCUT2D eigenvalue weighted by Crippen LogP contribution is -2.26. The molecule has 0 fully saturated rings. The summed E-state index contributed by atoms with van der Waals surface area (Å²) >= 11 is 0. The minimum absolute atomic E-state index is 0.186. The molecule has 0 bridgehead atoms. The van der Waals surface area contributed by atoms with E-state index in [4.69, 9.17) is 4.74 Å². The second-order valence-electron chi connectivity index (χ2n) is 4.52. The first-order chi connectivity index (χ1) is 8.56. The Morgan fingerprint density at radius 2 is 1.94 bits per heavy atom. The standard InChI is InChI=1S/C15H23NO2/c1-5-18-15(17)10-16-9-8-14-7-6-11(2)12(3)13(14)4/h6-7,16H,5,8-10H2,1-4H3. The largest absolute Gasteiger partial charge is 0.465 e. The van der Waals surface area contributed by atoms with Gasteiger partial charge in [-0.15, -0.1) is 0 Å². The molecule has 1 N–H and O–H groups in total. The van der Waals surface area contributed by atoms with E-state index in [-0.39, 0.29) is 12.5 Å². The van der Waals surface area contributed by atoms with Crippen molar-refractivity contribution in [1.82, 2.24) is 5.32 Å². The fourth-order valence-corrected chi connectivity index (χ4v) is 1.91.